The Kier molecular flexibility index (Phi) is 7.77. The van der Waals surface area contributed by atoms with Crippen molar-refractivity contribution in [2.75, 3.05) is 32.6 Å². The predicted molar refractivity (Wildman–Crippen MR) is 110 cm³/mol. The van der Waals surface area contributed by atoms with Gasteiger partial charge in [-0.05, 0) is 41.8 Å². The van der Waals surface area contributed by atoms with Crippen molar-refractivity contribution in [3.8, 4) is 5.75 Å². The summed E-state index contributed by atoms with van der Waals surface area (Å²) in [5.74, 6) is -0.363. The molecule has 0 fully saturated rings. The number of carbonyl (C=O) groups is 3. The molecule has 0 unspecified atom stereocenters. The largest absolute Gasteiger partial charge is 0.482 e. The van der Waals surface area contributed by atoms with Crippen LogP contribution in [0, 0.1) is 0 Å². The summed E-state index contributed by atoms with van der Waals surface area (Å²) >= 11 is 0. The average molecular weight is 398 g/mol. The maximum Gasteiger partial charge on any atom is 0.344 e. The number of benzene rings is 2. The van der Waals surface area contributed by atoms with E-state index in [0.717, 1.165) is 5.56 Å². The van der Waals surface area contributed by atoms with E-state index in [1.54, 1.807) is 44.4 Å². The lowest BCUT2D eigenvalue weighted by atomic mass is 10.0. The molecule has 7 nitrogen and oxygen atoms in total. The van der Waals surface area contributed by atoms with Crippen LogP contribution in [0.15, 0.2) is 48.5 Å². The van der Waals surface area contributed by atoms with E-state index >= 15 is 0 Å². The van der Waals surface area contributed by atoms with Gasteiger partial charge in [0.25, 0.3) is 11.8 Å². The second-order valence-corrected chi connectivity index (χ2v) is 6.97. The van der Waals surface area contributed by atoms with E-state index in [1.165, 1.54) is 4.90 Å². The topological polar surface area (TPSA) is 84.9 Å². The summed E-state index contributed by atoms with van der Waals surface area (Å²) in [5.41, 5.74) is 2.01. The molecule has 0 saturated carbocycles. The number of anilines is 1. The Balaban J connectivity index is 1.79. The highest BCUT2D eigenvalue weighted by Gasteiger charge is 2.12. The highest BCUT2D eigenvalue weighted by Crippen LogP contribution is 2.25. The third-order valence-electron chi connectivity index (χ3n) is 4.07. The van der Waals surface area contributed by atoms with Crippen LogP contribution in [0.2, 0.25) is 0 Å². The van der Waals surface area contributed by atoms with Crippen molar-refractivity contribution in [2.45, 2.75) is 19.8 Å². The van der Waals surface area contributed by atoms with E-state index in [2.05, 4.69) is 5.32 Å². The first-order valence-electron chi connectivity index (χ1n) is 9.27. The van der Waals surface area contributed by atoms with Gasteiger partial charge in [0, 0.05) is 25.3 Å². The van der Waals surface area contributed by atoms with Crippen LogP contribution >= 0.6 is 0 Å². The first-order chi connectivity index (χ1) is 13.8. The zero-order valence-corrected chi connectivity index (χ0v) is 17.1. The summed E-state index contributed by atoms with van der Waals surface area (Å²) in [6.07, 6.45) is 0. The van der Waals surface area contributed by atoms with Crippen LogP contribution in [0.25, 0.3) is 0 Å². The highest BCUT2D eigenvalue weighted by molar-refractivity contribution is 5.96. The number of amides is 2. The Morgan fingerprint density at radius 2 is 1.62 bits per heavy atom. The molecular formula is C22H26N2O5. The third kappa shape index (κ3) is 6.64. The first kappa shape index (κ1) is 21.9. The first-order valence-corrected chi connectivity index (χ1v) is 9.27. The van der Waals surface area contributed by atoms with Crippen molar-refractivity contribution in [2.24, 2.45) is 0 Å². The van der Waals surface area contributed by atoms with Gasteiger partial charge in [0.1, 0.15) is 5.75 Å². The SMILES string of the molecule is CC(C)c1ccccc1OCC(=O)OCC(=O)Nc1ccc(C(=O)N(C)C)cc1. The minimum absolute atomic E-state index is 0.129. The molecule has 0 aromatic heterocycles. The van der Waals surface area contributed by atoms with Crippen LogP contribution in [0.3, 0.4) is 0 Å². The van der Waals surface area contributed by atoms with Crippen molar-refractivity contribution in [3.63, 3.8) is 0 Å². The zero-order chi connectivity index (χ0) is 21.4. The van der Waals surface area contributed by atoms with Crippen LogP contribution in [-0.2, 0) is 14.3 Å². The highest BCUT2D eigenvalue weighted by atomic mass is 16.6. The van der Waals surface area contributed by atoms with Gasteiger partial charge in [-0.25, -0.2) is 4.79 Å². The van der Waals surface area contributed by atoms with Gasteiger partial charge in [-0.2, -0.15) is 0 Å². The Labute approximate surface area is 170 Å². The third-order valence-corrected chi connectivity index (χ3v) is 4.07. The lowest BCUT2D eigenvalue weighted by molar-refractivity contribution is -0.149. The Hall–Kier alpha value is -3.35. The van der Waals surface area contributed by atoms with Gasteiger partial charge in [0.05, 0.1) is 0 Å². The summed E-state index contributed by atoms with van der Waals surface area (Å²) < 4.78 is 10.5. The van der Waals surface area contributed by atoms with Crippen LogP contribution < -0.4 is 10.1 Å². The molecule has 0 radical (unpaired) electrons. The van der Waals surface area contributed by atoms with Crippen LogP contribution in [-0.4, -0.2) is 50.0 Å². The number of para-hydroxylation sites is 1. The number of esters is 1. The number of carbonyl (C=O) groups excluding carboxylic acids is 3. The van der Waals surface area contributed by atoms with Gasteiger partial charge in [-0.15, -0.1) is 0 Å². The predicted octanol–water partition coefficient (Wildman–Crippen LogP) is 3.07. The fourth-order valence-corrected chi connectivity index (χ4v) is 2.56. The van der Waals surface area contributed by atoms with E-state index in [-0.39, 0.29) is 18.4 Å². The molecule has 0 spiro atoms. The smallest absolute Gasteiger partial charge is 0.344 e. The molecule has 2 aromatic rings. The zero-order valence-electron chi connectivity index (χ0n) is 17.1. The lowest BCUT2D eigenvalue weighted by Gasteiger charge is -2.13. The van der Waals surface area contributed by atoms with E-state index in [9.17, 15) is 14.4 Å². The number of hydrogen-bond acceptors (Lipinski definition) is 5. The van der Waals surface area contributed by atoms with Gasteiger partial charge in [-0.3, -0.25) is 9.59 Å². The Morgan fingerprint density at radius 3 is 2.24 bits per heavy atom. The molecule has 2 amide bonds. The van der Waals surface area contributed by atoms with Gasteiger partial charge in [0.2, 0.25) is 0 Å². The summed E-state index contributed by atoms with van der Waals surface area (Å²) in [5, 5.41) is 2.61. The average Bonchev–Trinajstić information content (AvgIpc) is 2.70. The minimum Gasteiger partial charge on any atom is -0.482 e. The maximum absolute atomic E-state index is 12.0. The molecule has 7 heteroatoms. The summed E-state index contributed by atoms with van der Waals surface area (Å²) in [7, 11) is 3.33. The van der Waals surface area contributed by atoms with Crippen LogP contribution in [0.5, 0.6) is 5.75 Å². The number of ether oxygens (including phenoxy) is 2. The quantitative estimate of drug-likeness (QED) is 0.691. The normalized spacial score (nSPS) is 10.4. The second-order valence-electron chi connectivity index (χ2n) is 6.97. The van der Waals surface area contributed by atoms with Crippen LogP contribution in [0.1, 0.15) is 35.7 Å². The molecule has 1 N–H and O–H groups in total. The van der Waals surface area contributed by atoms with Crippen molar-refractivity contribution in [1.82, 2.24) is 4.90 Å². The molecular weight excluding hydrogens is 372 g/mol. The molecule has 0 atom stereocenters. The molecule has 0 heterocycles. The van der Waals surface area contributed by atoms with Crippen LogP contribution in [0.4, 0.5) is 5.69 Å². The second kappa shape index (κ2) is 10.3. The van der Waals surface area contributed by atoms with E-state index < -0.39 is 18.5 Å². The summed E-state index contributed by atoms with van der Waals surface area (Å²) in [6, 6.07) is 13.9. The van der Waals surface area contributed by atoms with E-state index in [1.807, 2.05) is 32.0 Å². The molecule has 0 aliphatic carbocycles. The Bertz CT molecular complexity index is 860. The minimum atomic E-state index is -0.634. The maximum atomic E-state index is 12.0. The van der Waals surface area contributed by atoms with Gasteiger partial charge in [-0.1, -0.05) is 32.0 Å². The molecule has 0 aliphatic heterocycles. The molecule has 2 aromatic carbocycles. The molecule has 2 rings (SSSR count). The number of nitrogens with zero attached hydrogens (tertiary/aromatic N) is 1. The van der Waals surface area contributed by atoms with Crippen molar-refractivity contribution in [1.29, 1.82) is 0 Å². The lowest BCUT2D eigenvalue weighted by Crippen LogP contribution is -2.24. The van der Waals surface area contributed by atoms with Gasteiger partial charge >= 0.3 is 5.97 Å². The summed E-state index contributed by atoms with van der Waals surface area (Å²) in [4.78, 5) is 37.1. The van der Waals surface area contributed by atoms with E-state index in [4.69, 9.17) is 9.47 Å². The molecule has 29 heavy (non-hydrogen) atoms. The van der Waals surface area contributed by atoms with Crippen molar-refractivity contribution >= 4 is 23.5 Å². The van der Waals surface area contributed by atoms with Gasteiger partial charge < -0.3 is 19.7 Å². The molecule has 0 bridgehead atoms. The Morgan fingerprint density at radius 1 is 0.966 bits per heavy atom. The van der Waals surface area contributed by atoms with E-state index in [0.29, 0.717) is 17.0 Å². The van der Waals surface area contributed by atoms with Crippen molar-refractivity contribution < 1.29 is 23.9 Å². The molecule has 0 aliphatic rings. The van der Waals surface area contributed by atoms with Gasteiger partial charge in [0.15, 0.2) is 13.2 Å². The van der Waals surface area contributed by atoms with Crippen molar-refractivity contribution in [3.05, 3.63) is 59.7 Å². The fraction of sp³-hybridized carbons (Fsp3) is 0.318. The molecule has 0 saturated heterocycles. The standard InChI is InChI=1S/C22H26N2O5/c1-15(2)18-7-5-6-8-19(18)28-14-21(26)29-13-20(25)23-17-11-9-16(10-12-17)22(27)24(3)4/h5-12,15H,13-14H2,1-4H3,(H,23,25). The number of nitrogens with one attached hydrogen (secondary N) is 1. The fourth-order valence-electron chi connectivity index (χ4n) is 2.56. The number of rotatable bonds is 8. The molecule has 154 valence electrons. The number of hydrogen-bond donors (Lipinski definition) is 1. The monoisotopic (exact) mass is 398 g/mol. The summed E-state index contributed by atoms with van der Waals surface area (Å²) in [6.45, 7) is 3.37.